The second-order valence-electron chi connectivity index (χ2n) is 7.31. The van der Waals surface area contributed by atoms with E-state index in [0.717, 1.165) is 19.3 Å². The summed E-state index contributed by atoms with van der Waals surface area (Å²) >= 11 is 0. The van der Waals surface area contributed by atoms with E-state index in [-0.39, 0.29) is 36.7 Å². The van der Waals surface area contributed by atoms with Crippen molar-refractivity contribution in [3.05, 3.63) is 29.8 Å². The van der Waals surface area contributed by atoms with Crippen molar-refractivity contribution in [2.45, 2.75) is 50.3 Å². The number of nitrogens with one attached hydrogen (secondary N) is 2. The number of carbonyl (C=O) groups excluding carboxylic acids is 3. The fraction of sp³-hybridized carbons (Fsp3) is 0.526. The maximum absolute atomic E-state index is 12.4. The van der Waals surface area contributed by atoms with Gasteiger partial charge in [-0.3, -0.25) is 14.4 Å². The molecule has 7 heteroatoms. The van der Waals surface area contributed by atoms with Crippen LogP contribution in [0.15, 0.2) is 24.3 Å². The van der Waals surface area contributed by atoms with Crippen LogP contribution in [-0.2, 0) is 9.59 Å². The second-order valence-corrected chi connectivity index (χ2v) is 7.31. The number of benzene rings is 1. The van der Waals surface area contributed by atoms with Gasteiger partial charge in [0.2, 0.25) is 11.8 Å². The molecular weight excluding hydrogens is 334 g/mol. The lowest BCUT2D eigenvalue weighted by Crippen LogP contribution is -2.56. The van der Waals surface area contributed by atoms with Gasteiger partial charge in [0, 0.05) is 31.8 Å². The van der Waals surface area contributed by atoms with Crippen molar-refractivity contribution in [3.8, 4) is 5.75 Å². The Labute approximate surface area is 152 Å². The lowest BCUT2D eigenvalue weighted by Gasteiger charge is -2.38. The molecule has 1 saturated carbocycles. The maximum atomic E-state index is 12.4. The Morgan fingerprint density at radius 2 is 2.08 bits per heavy atom. The number of hydrogen-bond acceptors (Lipinski definition) is 4. The van der Waals surface area contributed by atoms with Crippen molar-refractivity contribution >= 4 is 17.7 Å². The average Bonchev–Trinajstić information content (AvgIpc) is 2.73. The lowest BCUT2D eigenvalue weighted by molar-refractivity contribution is -0.136. The summed E-state index contributed by atoms with van der Waals surface area (Å²) in [4.78, 5) is 38.6. The minimum Gasteiger partial charge on any atom is -0.467 e. The van der Waals surface area contributed by atoms with Crippen LogP contribution in [0.2, 0.25) is 0 Å². The van der Waals surface area contributed by atoms with Crippen molar-refractivity contribution in [2.75, 3.05) is 13.1 Å². The molecule has 2 aliphatic heterocycles. The van der Waals surface area contributed by atoms with E-state index in [2.05, 4.69) is 10.6 Å². The number of likely N-dealkylation sites (tertiary alicyclic amines) is 1. The van der Waals surface area contributed by atoms with Gasteiger partial charge in [0.25, 0.3) is 5.91 Å². The first-order chi connectivity index (χ1) is 12.5. The number of nitrogens with zero attached hydrogens (tertiary/aromatic N) is 1. The van der Waals surface area contributed by atoms with Gasteiger partial charge in [0.15, 0.2) is 5.72 Å². The number of carbonyl (C=O) groups is 3. The molecule has 1 aromatic carbocycles. The highest BCUT2D eigenvalue weighted by atomic mass is 16.5. The van der Waals surface area contributed by atoms with Crippen LogP contribution in [0, 0.1) is 0 Å². The summed E-state index contributed by atoms with van der Waals surface area (Å²) in [5.41, 5.74) is -0.384. The molecule has 2 heterocycles. The molecule has 7 nitrogen and oxygen atoms in total. The van der Waals surface area contributed by atoms with Gasteiger partial charge in [-0.25, -0.2) is 0 Å². The topological polar surface area (TPSA) is 87.7 Å². The predicted molar refractivity (Wildman–Crippen MR) is 93.5 cm³/mol. The lowest BCUT2D eigenvalue weighted by atomic mass is 9.93. The van der Waals surface area contributed by atoms with E-state index in [9.17, 15) is 14.4 Å². The van der Waals surface area contributed by atoms with Crippen molar-refractivity contribution in [1.82, 2.24) is 15.5 Å². The van der Waals surface area contributed by atoms with Crippen LogP contribution in [0.4, 0.5) is 0 Å². The Kier molecular flexibility index (Phi) is 4.30. The molecule has 26 heavy (non-hydrogen) atoms. The van der Waals surface area contributed by atoms with Crippen LogP contribution in [-0.4, -0.2) is 47.5 Å². The summed E-state index contributed by atoms with van der Waals surface area (Å²) in [6.45, 7) is 0.440. The van der Waals surface area contributed by atoms with Gasteiger partial charge in [-0.15, -0.1) is 0 Å². The zero-order valence-corrected chi connectivity index (χ0v) is 14.6. The maximum Gasteiger partial charge on any atom is 0.258 e. The molecule has 0 bridgehead atoms. The monoisotopic (exact) mass is 357 g/mol. The highest BCUT2D eigenvalue weighted by Crippen LogP contribution is 2.33. The first-order valence-electron chi connectivity index (χ1n) is 9.22. The molecule has 3 aliphatic rings. The third kappa shape index (κ3) is 3.25. The van der Waals surface area contributed by atoms with Gasteiger partial charge in [-0.2, -0.15) is 0 Å². The van der Waals surface area contributed by atoms with E-state index in [1.807, 2.05) is 6.07 Å². The van der Waals surface area contributed by atoms with Crippen molar-refractivity contribution in [2.24, 2.45) is 0 Å². The van der Waals surface area contributed by atoms with Gasteiger partial charge in [-0.1, -0.05) is 12.1 Å². The van der Waals surface area contributed by atoms with Crippen LogP contribution in [0.3, 0.4) is 0 Å². The van der Waals surface area contributed by atoms with Gasteiger partial charge in [0.05, 0.1) is 12.1 Å². The molecule has 0 radical (unpaired) electrons. The van der Waals surface area contributed by atoms with E-state index >= 15 is 0 Å². The molecule has 1 saturated heterocycles. The Morgan fingerprint density at radius 1 is 1.27 bits per heavy atom. The Morgan fingerprint density at radius 3 is 2.85 bits per heavy atom. The van der Waals surface area contributed by atoms with E-state index in [1.54, 1.807) is 23.1 Å². The van der Waals surface area contributed by atoms with E-state index in [4.69, 9.17) is 4.74 Å². The van der Waals surface area contributed by atoms with Crippen LogP contribution in [0.1, 0.15) is 48.9 Å². The first-order valence-corrected chi connectivity index (χ1v) is 9.22. The highest BCUT2D eigenvalue weighted by molar-refractivity contribution is 5.98. The molecule has 4 rings (SSSR count). The molecule has 138 valence electrons. The van der Waals surface area contributed by atoms with Crippen molar-refractivity contribution in [3.63, 3.8) is 0 Å². The number of hydrogen-bond donors (Lipinski definition) is 2. The van der Waals surface area contributed by atoms with Crippen molar-refractivity contribution in [1.29, 1.82) is 0 Å². The van der Waals surface area contributed by atoms with E-state index in [0.29, 0.717) is 30.7 Å². The summed E-state index contributed by atoms with van der Waals surface area (Å²) in [5.74, 6) is 0.163. The quantitative estimate of drug-likeness (QED) is 0.851. The number of amides is 3. The van der Waals surface area contributed by atoms with Gasteiger partial charge in [0.1, 0.15) is 5.75 Å². The van der Waals surface area contributed by atoms with Gasteiger partial charge >= 0.3 is 0 Å². The number of ether oxygens (including phenoxy) is 1. The van der Waals surface area contributed by atoms with Crippen LogP contribution in [0.25, 0.3) is 0 Å². The molecule has 0 aromatic heterocycles. The molecule has 0 unspecified atom stereocenters. The first kappa shape index (κ1) is 16.9. The summed E-state index contributed by atoms with van der Waals surface area (Å²) in [5, 5.41) is 5.89. The number of fused-ring (bicyclic) bond motifs is 1. The smallest absolute Gasteiger partial charge is 0.258 e. The van der Waals surface area contributed by atoms with Crippen LogP contribution < -0.4 is 15.4 Å². The molecule has 1 aliphatic carbocycles. The third-order valence-electron chi connectivity index (χ3n) is 5.46. The second kappa shape index (κ2) is 6.63. The van der Waals surface area contributed by atoms with E-state index in [1.165, 1.54) is 0 Å². The third-order valence-corrected chi connectivity index (χ3v) is 5.46. The van der Waals surface area contributed by atoms with Crippen LogP contribution in [0.5, 0.6) is 5.75 Å². The van der Waals surface area contributed by atoms with Crippen LogP contribution >= 0.6 is 0 Å². The standard InChI is InChI=1S/C19H23N3O4/c23-16(20-13-4-3-5-13)12-22-11-10-19(9-8-17(22)24)21-18(25)14-6-1-2-7-15(14)26-19/h1-2,6-7,13H,3-5,8-12H2,(H,20,23)(H,21,25)/t19-/m0/s1. The van der Waals surface area contributed by atoms with Crippen molar-refractivity contribution < 1.29 is 19.1 Å². The summed E-state index contributed by atoms with van der Waals surface area (Å²) in [6, 6.07) is 7.36. The fourth-order valence-corrected chi connectivity index (χ4v) is 3.68. The molecule has 2 N–H and O–H groups in total. The van der Waals surface area contributed by atoms with Gasteiger partial charge in [-0.05, 0) is 31.4 Å². The minimum absolute atomic E-state index is 0.0654. The number of para-hydroxylation sites is 1. The summed E-state index contributed by atoms with van der Waals surface area (Å²) < 4.78 is 6.09. The highest BCUT2D eigenvalue weighted by Gasteiger charge is 2.42. The zero-order chi connectivity index (χ0) is 18.1. The molecule has 3 amide bonds. The molecule has 1 aromatic rings. The van der Waals surface area contributed by atoms with E-state index < -0.39 is 5.72 Å². The number of rotatable bonds is 3. The molecule has 1 spiro atoms. The summed E-state index contributed by atoms with van der Waals surface area (Å²) in [7, 11) is 0. The Balaban J connectivity index is 1.43. The zero-order valence-electron chi connectivity index (χ0n) is 14.6. The average molecular weight is 357 g/mol. The molecule has 1 atom stereocenters. The largest absolute Gasteiger partial charge is 0.467 e. The molecular formula is C19H23N3O4. The SMILES string of the molecule is O=C(CN1CC[C@@]2(CCC1=O)NC(=O)c1ccccc1O2)NC1CCC1. The van der Waals surface area contributed by atoms with Gasteiger partial charge < -0.3 is 20.3 Å². The fourth-order valence-electron chi connectivity index (χ4n) is 3.68. The Hall–Kier alpha value is -2.57. The predicted octanol–water partition coefficient (Wildman–Crippen LogP) is 1.19. The molecule has 2 fully saturated rings. The Bertz CT molecular complexity index is 746. The normalized spacial score (nSPS) is 25.6. The summed E-state index contributed by atoms with van der Waals surface area (Å²) in [6.07, 6.45) is 4.26. The minimum atomic E-state index is -0.889.